The number of aromatic nitrogens is 2. The fourth-order valence-electron chi connectivity index (χ4n) is 2.79. The van der Waals surface area contributed by atoms with Crippen molar-refractivity contribution in [2.75, 3.05) is 13.1 Å². The molecule has 1 aromatic rings. The van der Waals surface area contributed by atoms with Gasteiger partial charge in [0.2, 0.25) is 0 Å². The number of aryl methyl sites for hydroxylation is 1. The maximum absolute atomic E-state index is 12.4. The summed E-state index contributed by atoms with van der Waals surface area (Å²) >= 11 is 0. The highest BCUT2D eigenvalue weighted by Crippen LogP contribution is 2.25. The molecule has 0 saturated carbocycles. The van der Waals surface area contributed by atoms with Crippen LogP contribution in [0.5, 0.6) is 0 Å². The molecule has 20 heavy (non-hydrogen) atoms. The van der Waals surface area contributed by atoms with Crippen LogP contribution in [0.25, 0.3) is 0 Å². The van der Waals surface area contributed by atoms with Crippen LogP contribution in [0.4, 0.5) is 4.79 Å². The zero-order valence-electron chi connectivity index (χ0n) is 11.0. The van der Waals surface area contributed by atoms with Crippen LogP contribution < -0.4 is 10.6 Å². The summed E-state index contributed by atoms with van der Waals surface area (Å²) in [5.74, 6) is -0.539. The van der Waals surface area contributed by atoms with Crippen molar-refractivity contribution in [3.8, 4) is 0 Å². The molecule has 0 aliphatic carbocycles. The Kier molecular flexibility index (Phi) is 2.73. The molecule has 8 heteroatoms. The Hall–Kier alpha value is -2.38. The van der Waals surface area contributed by atoms with E-state index in [0.717, 1.165) is 0 Å². The van der Waals surface area contributed by atoms with Crippen LogP contribution in [-0.4, -0.2) is 51.2 Å². The van der Waals surface area contributed by atoms with E-state index in [1.807, 2.05) is 0 Å². The molecule has 4 amide bonds. The average Bonchev–Trinajstić information content (AvgIpc) is 2.94. The summed E-state index contributed by atoms with van der Waals surface area (Å²) in [6.45, 7) is 0.753. The third kappa shape index (κ3) is 1.84. The number of urea groups is 1. The van der Waals surface area contributed by atoms with Gasteiger partial charge in [-0.25, -0.2) is 4.79 Å². The second-order valence-corrected chi connectivity index (χ2v) is 5.16. The number of hydrogen-bond acceptors (Lipinski definition) is 4. The van der Waals surface area contributed by atoms with Gasteiger partial charge in [-0.3, -0.25) is 19.6 Å². The molecule has 1 spiro atoms. The van der Waals surface area contributed by atoms with Crippen molar-refractivity contribution in [2.45, 2.75) is 18.4 Å². The van der Waals surface area contributed by atoms with Gasteiger partial charge in [0.1, 0.15) is 11.2 Å². The number of hydrogen-bond donors (Lipinski definition) is 2. The van der Waals surface area contributed by atoms with Crippen LogP contribution in [-0.2, 0) is 11.8 Å². The van der Waals surface area contributed by atoms with E-state index in [1.165, 1.54) is 4.68 Å². The van der Waals surface area contributed by atoms with Crippen molar-refractivity contribution in [3.63, 3.8) is 0 Å². The van der Waals surface area contributed by atoms with Gasteiger partial charge in [0.15, 0.2) is 0 Å². The van der Waals surface area contributed by atoms with Gasteiger partial charge in [0.05, 0.1) is 6.54 Å². The summed E-state index contributed by atoms with van der Waals surface area (Å²) < 4.78 is 1.50. The van der Waals surface area contributed by atoms with Gasteiger partial charge in [0, 0.05) is 19.8 Å². The van der Waals surface area contributed by atoms with E-state index in [4.69, 9.17) is 0 Å². The Bertz CT molecular complexity index is 596. The minimum absolute atomic E-state index is 0.182. The molecule has 2 N–H and O–H groups in total. The van der Waals surface area contributed by atoms with Crippen LogP contribution in [0.3, 0.4) is 0 Å². The molecule has 1 aromatic heterocycles. The normalized spacial score (nSPS) is 25.8. The molecule has 1 unspecified atom stereocenters. The zero-order chi connectivity index (χ0) is 14.3. The van der Waals surface area contributed by atoms with Crippen molar-refractivity contribution in [1.82, 2.24) is 25.3 Å². The number of likely N-dealkylation sites (tertiary alicyclic amines) is 1. The topological polar surface area (TPSA) is 96.3 Å². The monoisotopic (exact) mass is 277 g/mol. The van der Waals surface area contributed by atoms with E-state index in [-0.39, 0.29) is 18.4 Å². The van der Waals surface area contributed by atoms with Gasteiger partial charge in [-0.2, -0.15) is 5.10 Å². The summed E-state index contributed by atoms with van der Waals surface area (Å²) in [4.78, 5) is 37.3. The lowest BCUT2D eigenvalue weighted by molar-refractivity contribution is -0.125. The molecule has 2 saturated heterocycles. The van der Waals surface area contributed by atoms with E-state index in [2.05, 4.69) is 15.7 Å². The van der Waals surface area contributed by atoms with Crippen molar-refractivity contribution < 1.29 is 14.4 Å². The van der Waals surface area contributed by atoms with Gasteiger partial charge in [-0.05, 0) is 18.9 Å². The lowest BCUT2D eigenvalue weighted by Crippen LogP contribution is -2.59. The van der Waals surface area contributed by atoms with Crippen molar-refractivity contribution in [1.29, 1.82) is 0 Å². The van der Waals surface area contributed by atoms with Gasteiger partial charge < -0.3 is 10.2 Å². The highest BCUT2D eigenvalue weighted by molar-refractivity contribution is 6.07. The third-order valence-corrected chi connectivity index (χ3v) is 3.83. The Morgan fingerprint density at radius 2 is 2.25 bits per heavy atom. The van der Waals surface area contributed by atoms with Crippen molar-refractivity contribution >= 4 is 17.8 Å². The molecule has 1 atom stereocenters. The van der Waals surface area contributed by atoms with Crippen LogP contribution in [0.15, 0.2) is 12.3 Å². The summed E-state index contributed by atoms with van der Waals surface area (Å²) in [6, 6.07) is 1.14. The second-order valence-electron chi connectivity index (χ2n) is 5.16. The van der Waals surface area contributed by atoms with Crippen LogP contribution >= 0.6 is 0 Å². The first-order chi connectivity index (χ1) is 9.52. The molecule has 2 aliphatic heterocycles. The SMILES string of the molecule is Cn1nccc1C(=O)N1CCCC2(C1)NC(=O)NC2=O. The minimum Gasteiger partial charge on any atom is -0.334 e. The first-order valence-electron chi connectivity index (χ1n) is 6.43. The molecule has 3 heterocycles. The predicted octanol–water partition coefficient (Wildman–Crippen LogP) is -0.766. The zero-order valence-corrected chi connectivity index (χ0v) is 11.0. The van der Waals surface area contributed by atoms with Gasteiger partial charge in [-0.1, -0.05) is 0 Å². The lowest BCUT2D eigenvalue weighted by atomic mass is 9.89. The fraction of sp³-hybridized carbons (Fsp3) is 0.500. The lowest BCUT2D eigenvalue weighted by Gasteiger charge is -2.37. The number of carbonyl (C=O) groups excluding carboxylic acids is 3. The standard InChI is InChI=1S/C12H15N5O3/c1-16-8(3-5-13-16)9(18)17-6-2-4-12(7-17)10(19)14-11(20)15-12/h3,5H,2,4,6-7H2,1H3,(H2,14,15,19,20). The molecule has 2 aliphatic rings. The summed E-state index contributed by atoms with van der Waals surface area (Å²) in [7, 11) is 1.69. The molecule has 106 valence electrons. The molecular formula is C12H15N5O3. The summed E-state index contributed by atoms with van der Waals surface area (Å²) in [5.41, 5.74) is -0.518. The first-order valence-corrected chi connectivity index (χ1v) is 6.43. The van der Waals surface area contributed by atoms with E-state index >= 15 is 0 Å². The van der Waals surface area contributed by atoms with Crippen LogP contribution in [0.1, 0.15) is 23.3 Å². The highest BCUT2D eigenvalue weighted by atomic mass is 16.2. The summed E-state index contributed by atoms with van der Waals surface area (Å²) in [6.07, 6.45) is 2.76. The van der Waals surface area contributed by atoms with Gasteiger partial charge >= 0.3 is 6.03 Å². The molecule has 3 rings (SSSR count). The maximum Gasteiger partial charge on any atom is 0.322 e. The number of imide groups is 1. The molecule has 8 nitrogen and oxygen atoms in total. The minimum atomic E-state index is -0.983. The third-order valence-electron chi connectivity index (χ3n) is 3.83. The molecule has 2 fully saturated rings. The number of rotatable bonds is 1. The Morgan fingerprint density at radius 3 is 2.85 bits per heavy atom. The van der Waals surface area contributed by atoms with Crippen LogP contribution in [0.2, 0.25) is 0 Å². The quantitative estimate of drug-likeness (QED) is 0.659. The maximum atomic E-state index is 12.4. The number of carbonyl (C=O) groups is 3. The van der Waals surface area contributed by atoms with Gasteiger partial charge in [-0.15, -0.1) is 0 Å². The molecular weight excluding hydrogens is 262 g/mol. The number of piperidine rings is 1. The van der Waals surface area contributed by atoms with E-state index in [1.54, 1.807) is 24.2 Å². The summed E-state index contributed by atoms with van der Waals surface area (Å²) in [5, 5.41) is 8.85. The second kappa shape index (κ2) is 4.32. The fourth-order valence-corrected chi connectivity index (χ4v) is 2.79. The van der Waals surface area contributed by atoms with Gasteiger partial charge in [0.25, 0.3) is 11.8 Å². The molecule has 0 aromatic carbocycles. The van der Waals surface area contributed by atoms with E-state index in [0.29, 0.717) is 25.1 Å². The Labute approximate surface area is 115 Å². The Balaban J connectivity index is 1.82. The highest BCUT2D eigenvalue weighted by Gasteiger charge is 2.49. The first kappa shape index (κ1) is 12.6. The number of amides is 4. The smallest absolute Gasteiger partial charge is 0.322 e. The predicted molar refractivity (Wildman–Crippen MR) is 67.8 cm³/mol. The number of nitrogens with zero attached hydrogens (tertiary/aromatic N) is 3. The Morgan fingerprint density at radius 1 is 1.45 bits per heavy atom. The van der Waals surface area contributed by atoms with Crippen molar-refractivity contribution in [3.05, 3.63) is 18.0 Å². The van der Waals surface area contributed by atoms with E-state index in [9.17, 15) is 14.4 Å². The molecule has 0 radical (unpaired) electrons. The molecule has 0 bridgehead atoms. The average molecular weight is 277 g/mol. The number of nitrogens with one attached hydrogen (secondary N) is 2. The largest absolute Gasteiger partial charge is 0.334 e. The van der Waals surface area contributed by atoms with Crippen molar-refractivity contribution in [2.24, 2.45) is 7.05 Å². The van der Waals surface area contributed by atoms with E-state index < -0.39 is 11.6 Å². The van der Waals surface area contributed by atoms with Crippen LogP contribution in [0, 0.1) is 0 Å².